The quantitative estimate of drug-likeness (QED) is 0.615. The van der Waals surface area contributed by atoms with E-state index in [1.54, 1.807) is 52.0 Å². The Morgan fingerprint density at radius 1 is 1.06 bits per heavy atom. The molecule has 2 amide bonds. The molecule has 2 rings (SSSR count). The third-order valence-corrected chi connectivity index (χ3v) is 4.24. The lowest BCUT2D eigenvalue weighted by molar-refractivity contribution is -0.119. The molecule has 0 atom stereocenters. The second-order valence-electron chi connectivity index (χ2n) is 7.63. The van der Waals surface area contributed by atoms with E-state index in [0.717, 1.165) is 5.56 Å². The lowest BCUT2D eigenvalue weighted by Gasteiger charge is -2.19. The van der Waals surface area contributed by atoms with Crippen LogP contribution in [-0.4, -0.2) is 37.3 Å². The van der Waals surface area contributed by atoms with Crippen molar-refractivity contribution in [3.8, 4) is 5.75 Å². The fourth-order valence-corrected chi connectivity index (χ4v) is 2.63. The van der Waals surface area contributed by atoms with E-state index in [1.807, 2.05) is 0 Å². The molecule has 2 N–H and O–H groups in total. The van der Waals surface area contributed by atoms with Crippen molar-refractivity contribution in [2.24, 2.45) is 0 Å². The van der Waals surface area contributed by atoms with Gasteiger partial charge in [-0.05, 0) is 57.5 Å². The summed E-state index contributed by atoms with van der Waals surface area (Å²) in [6, 6.07) is 9.35. The van der Waals surface area contributed by atoms with Gasteiger partial charge in [0.1, 0.15) is 11.4 Å². The summed E-state index contributed by atoms with van der Waals surface area (Å²) >= 11 is 6.05. The van der Waals surface area contributed by atoms with Crippen LogP contribution in [0.4, 0.5) is 16.2 Å². The fraction of sp³-hybridized carbons (Fsp3) is 0.318. The molecule has 0 bridgehead atoms. The number of amides is 2. The summed E-state index contributed by atoms with van der Waals surface area (Å²) < 4.78 is 15.4. The number of halogens is 1. The predicted molar refractivity (Wildman–Crippen MR) is 118 cm³/mol. The molecule has 0 saturated heterocycles. The molecule has 0 aromatic heterocycles. The van der Waals surface area contributed by atoms with Crippen LogP contribution in [0.2, 0.25) is 5.02 Å². The first-order valence-corrected chi connectivity index (χ1v) is 9.77. The Balaban J connectivity index is 1.96. The topological polar surface area (TPSA) is 103 Å². The van der Waals surface area contributed by atoms with Gasteiger partial charge in [0.25, 0.3) is 5.91 Å². The van der Waals surface area contributed by atoms with Gasteiger partial charge in [-0.1, -0.05) is 17.7 Å². The number of hydrogen-bond acceptors (Lipinski definition) is 6. The first-order chi connectivity index (χ1) is 14.5. The summed E-state index contributed by atoms with van der Waals surface area (Å²) in [5, 5.41) is 5.66. The number of benzene rings is 2. The monoisotopic (exact) mass is 448 g/mol. The molecular formula is C22H25ClN2O6. The second kappa shape index (κ2) is 10.2. The minimum Gasteiger partial charge on any atom is -0.495 e. The molecule has 0 unspecified atom stereocenters. The second-order valence-corrected chi connectivity index (χ2v) is 8.04. The third kappa shape index (κ3) is 7.49. The highest BCUT2D eigenvalue weighted by molar-refractivity contribution is 6.31. The number of nitrogens with one attached hydrogen (secondary N) is 2. The van der Waals surface area contributed by atoms with Crippen molar-refractivity contribution < 1.29 is 28.6 Å². The van der Waals surface area contributed by atoms with Gasteiger partial charge in [0.05, 0.1) is 18.4 Å². The Labute approximate surface area is 185 Å². The molecule has 0 radical (unpaired) electrons. The Hall–Kier alpha value is -3.26. The third-order valence-electron chi connectivity index (χ3n) is 3.83. The van der Waals surface area contributed by atoms with E-state index in [-0.39, 0.29) is 5.56 Å². The van der Waals surface area contributed by atoms with Crippen LogP contribution >= 0.6 is 11.6 Å². The van der Waals surface area contributed by atoms with E-state index < -0.39 is 30.2 Å². The highest BCUT2D eigenvalue weighted by Crippen LogP contribution is 2.30. The summed E-state index contributed by atoms with van der Waals surface area (Å²) in [6.07, 6.45) is -0.649. The van der Waals surface area contributed by atoms with Crippen LogP contribution in [0.5, 0.6) is 5.75 Å². The van der Waals surface area contributed by atoms with E-state index in [1.165, 1.54) is 19.2 Å². The van der Waals surface area contributed by atoms with Gasteiger partial charge in [-0.25, -0.2) is 9.59 Å². The van der Waals surface area contributed by atoms with E-state index in [0.29, 0.717) is 22.1 Å². The highest BCUT2D eigenvalue weighted by atomic mass is 35.5. The number of hydrogen-bond donors (Lipinski definition) is 2. The van der Waals surface area contributed by atoms with Gasteiger partial charge < -0.3 is 19.5 Å². The van der Waals surface area contributed by atoms with Crippen molar-refractivity contribution in [3.05, 3.63) is 52.5 Å². The van der Waals surface area contributed by atoms with E-state index >= 15 is 0 Å². The number of rotatable bonds is 6. The van der Waals surface area contributed by atoms with Crippen LogP contribution in [0.1, 0.15) is 36.7 Å². The van der Waals surface area contributed by atoms with Gasteiger partial charge in [0, 0.05) is 16.8 Å². The van der Waals surface area contributed by atoms with Crippen LogP contribution in [0, 0.1) is 6.92 Å². The van der Waals surface area contributed by atoms with E-state index in [9.17, 15) is 14.4 Å². The van der Waals surface area contributed by atoms with E-state index in [2.05, 4.69) is 10.6 Å². The maximum Gasteiger partial charge on any atom is 0.412 e. The van der Waals surface area contributed by atoms with Crippen LogP contribution in [-0.2, 0) is 14.3 Å². The number of carbonyl (C=O) groups excluding carboxylic acids is 3. The Morgan fingerprint density at radius 2 is 1.77 bits per heavy atom. The largest absolute Gasteiger partial charge is 0.495 e. The van der Waals surface area contributed by atoms with Crippen molar-refractivity contribution in [1.29, 1.82) is 0 Å². The number of ether oxygens (including phenoxy) is 3. The lowest BCUT2D eigenvalue weighted by Crippen LogP contribution is -2.27. The molecule has 0 aliphatic rings. The summed E-state index contributed by atoms with van der Waals surface area (Å²) in [7, 11) is 1.45. The molecule has 0 saturated carbocycles. The number of aryl methyl sites for hydroxylation is 1. The highest BCUT2D eigenvalue weighted by Gasteiger charge is 2.17. The summed E-state index contributed by atoms with van der Waals surface area (Å²) in [6.45, 7) is 6.51. The molecule has 0 fully saturated rings. The Bertz CT molecular complexity index is 984. The van der Waals surface area contributed by atoms with E-state index in [4.69, 9.17) is 25.8 Å². The summed E-state index contributed by atoms with van der Waals surface area (Å²) in [5.74, 6) is -0.880. The summed E-state index contributed by atoms with van der Waals surface area (Å²) in [5.41, 5.74) is 1.04. The maximum absolute atomic E-state index is 12.3. The molecule has 31 heavy (non-hydrogen) atoms. The lowest BCUT2D eigenvalue weighted by atomic mass is 10.2. The Kier molecular flexibility index (Phi) is 7.88. The average Bonchev–Trinajstić information content (AvgIpc) is 2.67. The first kappa shape index (κ1) is 24.0. The predicted octanol–water partition coefficient (Wildman–Crippen LogP) is 4.80. The van der Waals surface area contributed by atoms with Gasteiger partial charge in [-0.2, -0.15) is 0 Å². The van der Waals surface area contributed by atoms with Gasteiger partial charge in [0.15, 0.2) is 6.61 Å². The SMILES string of the molecule is COc1cc(Cl)c(C)cc1NC(=O)COC(=O)c1cccc(NC(=O)OC(C)(C)C)c1. The van der Waals surface area contributed by atoms with Gasteiger partial charge in [-0.15, -0.1) is 0 Å². The molecular weight excluding hydrogens is 424 g/mol. The van der Waals surface area contributed by atoms with Crippen molar-refractivity contribution in [3.63, 3.8) is 0 Å². The zero-order valence-electron chi connectivity index (χ0n) is 18.0. The van der Waals surface area contributed by atoms with Crippen molar-refractivity contribution in [1.82, 2.24) is 0 Å². The molecule has 2 aromatic rings. The zero-order valence-corrected chi connectivity index (χ0v) is 18.8. The molecule has 166 valence electrons. The zero-order chi connectivity index (χ0) is 23.2. The van der Waals surface area contributed by atoms with Crippen LogP contribution < -0.4 is 15.4 Å². The minimum absolute atomic E-state index is 0.168. The molecule has 2 aromatic carbocycles. The van der Waals surface area contributed by atoms with Gasteiger partial charge >= 0.3 is 12.1 Å². The number of carbonyl (C=O) groups is 3. The first-order valence-electron chi connectivity index (χ1n) is 9.39. The normalized spacial score (nSPS) is 10.8. The number of esters is 1. The molecule has 0 aliphatic heterocycles. The fourth-order valence-electron chi connectivity index (χ4n) is 2.48. The molecule has 8 nitrogen and oxygen atoms in total. The summed E-state index contributed by atoms with van der Waals surface area (Å²) in [4.78, 5) is 36.4. The van der Waals surface area contributed by atoms with Gasteiger partial charge in [0.2, 0.25) is 0 Å². The van der Waals surface area contributed by atoms with Crippen LogP contribution in [0.25, 0.3) is 0 Å². The molecule has 0 aliphatic carbocycles. The smallest absolute Gasteiger partial charge is 0.412 e. The van der Waals surface area contributed by atoms with Gasteiger partial charge in [-0.3, -0.25) is 10.1 Å². The van der Waals surface area contributed by atoms with Crippen LogP contribution in [0.15, 0.2) is 36.4 Å². The van der Waals surface area contributed by atoms with Crippen molar-refractivity contribution >= 4 is 40.9 Å². The molecule has 9 heteroatoms. The Morgan fingerprint density at radius 3 is 2.42 bits per heavy atom. The standard InChI is InChI=1S/C22H25ClN2O6/c1-13-9-17(18(29-5)11-16(13)23)25-19(26)12-30-20(27)14-7-6-8-15(10-14)24-21(28)31-22(2,3)4/h6-11H,12H2,1-5H3,(H,24,28)(H,25,26). The molecule has 0 heterocycles. The van der Waals surface area contributed by atoms with Crippen LogP contribution in [0.3, 0.4) is 0 Å². The van der Waals surface area contributed by atoms with Crippen molar-refractivity contribution in [2.45, 2.75) is 33.3 Å². The number of anilines is 2. The maximum atomic E-state index is 12.3. The molecule has 0 spiro atoms. The number of methoxy groups -OCH3 is 1. The average molecular weight is 449 g/mol. The minimum atomic E-state index is -0.720. The van der Waals surface area contributed by atoms with Crippen molar-refractivity contribution in [2.75, 3.05) is 24.4 Å².